The second kappa shape index (κ2) is 5.77. The van der Waals surface area contributed by atoms with Crippen molar-refractivity contribution in [1.82, 2.24) is 4.57 Å². The van der Waals surface area contributed by atoms with Gasteiger partial charge >= 0.3 is 0 Å². The number of benzene rings is 2. The third-order valence-electron chi connectivity index (χ3n) is 4.11. The first-order valence-electron chi connectivity index (χ1n) is 7.43. The van der Waals surface area contributed by atoms with Crippen LogP contribution in [0.1, 0.15) is 11.1 Å². The van der Waals surface area contributed by atoms with Gasteiger partial charge in [-0.15, -0.1) is 0 Å². The SMILES string of the molecule is Cc1ccc(S(=O)(=O)c2cn(C)c3cc(F)c(F)cc3c2=O)c(C)c1. The van der Waals surface area contributed by atoms with Gasteiger partial charge in [0.25, 0.3) is 0 Å². The fraction of sp³-hybridized carbons (Fsp3) is 0.167. The zero-order chi connectivity index (χ0) is 18.5. The summed E-state index contributed by atoms with van der Waals surface area (Å²) in [6, 6.07) is 6.39. The standard InChI is InChI=1S/C18H15F2NO3S/c1-10-4-5-16(11(2)6-10)25(23,24)17-9-21(3)15-8-14(20)13(19)7-12(15)18(17)22/h4-9H,1-3H3. The number of aryl methyl sites for hydroxylation is 3. The van der Waals surface area contributed by atoms with E-state index in [9.17, 15) is 22.0 Å². The Morgan fingerprint density at radius 2 is 1.60 bits per heavy atom. The van der Waals surface area contributed by atoms with E-state index in [0.717, 1.165) is 23.9 Å². The second-order valence-electron chi connectivity index (χ2n) is 5.99. The molecule has 0 fully saturated rings. The number of pyridine rings is 1. The number of hydrogen-bond donors (Lipinski definition) is 0. The van der Waals surface area contributed by atoms with E-state index in [0.29, 0.717) is 5.56 Å². The molecule has 0 aliphatic heterocycles. The molecule has 3 aromatic rings. The minimum absolute atomic E-state index is 0.0112. The maximum atomic E-state index is 13.5. The van der Waals surface area contributed by atoms with Crippen LogP contribution < -0.4 is 5.43 Å². The first-order valence-corrected chi connectivity index (χ1v) is 8.92. The number of aromatic nitrogens is 1. The lowest BCUT2D eigenvalue weighted by Gasteiger charge is -2.12. The first kappa shape index (κ1) is 17.3. The van der Waals surface area contributed by atoms with Gasteiger partial charge in [-0.25, -0.2) is 17.2 Å². The molecule has 4 nitrogen and oxygen atoms in total. The van der Waals surface area contributed by atoms with Gasteiger partial charge in [0.1, 0.15) is 4.90 Å². The van der Waals surface area contributed by atoms with Crippen molar-refractivity contribution < 1.29 is 17.2 Å². The van der Waals surface area contributed by atoms with Gasteiger partial charge in [-0.3, -0.25) is 4.79 Å². The summed E-state index contributed by atoms with van der Waals surface area (Å²) < 4.78 is 54.2. The maximum absolute atomic E-state index is 13.5. The number of sulfone groups is 1. The van der Waals surface area contributed by atoms with Gasteiger partial charge in [0, 0.05) is 19.3 Å². The molecule has 2 aromatic carbocycles. The predicted molar refractivity (Wildman–Crippen MR) is 90.5 cm³/mol. The molecule has 1 heterocycles. The lowest BCUT2D eigenvalue weighted by atomic mass is 10.2. The topological polar surface area (TPSA) is 56.1 Å². The fourth-order valence-electron chi connectivity index (χ4n) is 2.86. The molecule has 0 N–H and O–H groups in total. The van der Waals surface area contributed by atoms with Gasteiger partial charge in [0.05, 0.1) is 15.8 Å². The molecule has 0 spiro atoms. The summed E-state index contributed by atoms with van der Waals surface area (Å²) in [5.74, 6) is -2.31. The van der Waals surface area contributed by atoms with E-state index in [1.54, 1.807) is 19.1 Å². The molecule has 7 heteroatoms. The highest BCUT2D eigenvalue weighted by Gasteiger charge is 2.25. The zero-order valence-corrected chi connectivity index (χ0v) is 14.6. The van der Waals surface area contributed by atoms with Crippen molar-refractivity contribution >= 4 is 20.7 Å². The Labute approximate surface area is 143 Å². The average Bonchev–Trinajstić information content (AvgIpc) is 2.52. The third-order valence-corrected chi connectivity index (χ3v) is 6.01. The van der Waals surface area contributed by atoms with Crippen LogP contribution in [0.15, 0.2) is 51.1 Å². The highest BCUT2D eigenvalue weighted by Crippen LogP contribution is 2.25. The minimum atomic E-state index is -4.10. The van der Waals surface area contributed by atoms with Crippen LogP contribution >= 0.6 is 0 Å². The van der Waals surface area contributed by atoms with Crippen LogP contribution in [-0.4, -0.2) is 13.0 Å². The lowest BCUT2D eigenvalue weighted by molar-refractivity contribution is 0.510. The van der Waals surface area contributed by atoms with Gasteiger partial charge in [-0.1, -0.05) is 17.7 Å². The first-order chi connectivity index (χ1) is 11.6. The summed E-state index contributed by atoms with van der Waals surface area (Å²) in [5, 5.41) is -0.188. The zero-order valence-electron chi connectivity index (χ0n) is 13.8. The summed E-state index contributed by atoms with van der Waals surface area (Å²) in [5.41, 5.74) is 0.656. The lowest BCUT2D eigenvalue weighted by Crippen LogP contribution is -2.19. The summed E-state index contributed by atoms with van der Waals surface area (Å²) in [6.07, 6.45) is 1.14. The molecule has 0 aliphatic rings. The van der Waals surface area contributed by atoms with Crippen LogP contribution in [0.2, 0.25) is 0 Å². The molecule has 0 bridgehead atoms. The van der Waals surface area contributed by atoms with Gasteiger partial charge in [0.2, 0.25) is 15.3 Å². The van der Waals surface area contributed by atoms with Crippen molar-refractivity contribution in [3.63, 3.8) is 0 Å². The quantitative estimate of drug-likeness (QED) is 0.702. The molecule has 25 heavy (non-hydrogen) atoms. The maximum Gasteiger partial charge on any atom is 0.212 e. The van der Waals surface area contributed by atoms with Crippen molar-refractivity contribution in [2.45, 2.75) is 23.6 Å². The van der Waals surface area contributed by atoms with Crippen LogP contribution in [0.3, 0.4) is 0 Å². The molecule has 0 saturated carbocycles. The number of hydrogen-bond acceptors (Lipinski definition) is 3. The second-order valence-corrected chi connectivity index (χ2v) is 7.88. The molecule has 0 atom stereocenters. The predicted octanol–water partition coefficient (Wildman–Crippen LogP) is 3.27. The highest BCUT2D eigenvalue weighted by molar-refractivity contribution is 7.91. The third kappa shape index (κ3) is 2.74. The Kier molecular flexibility index (Phi) is 3.99. The Bertz CT molecular complexity index is 1180. The Morgan fingerprint density at radius 3 is 2.24 bits per heavy atom. The van der Waals surface area contributed by atoms with E-state index in [-0.39, 0.29) is 15.8 Å². The normalized spacial score (nSPS) is 11.9. The summed E-state index contributed by atoms with van der Waals surface area (Å²) >= 11 is 0. The van der Waals surface area contributed by atoms with E-state index in [4.69, 9.17) is 0 Å². The Hall–Kier alpha value is -2.54. The van der Waals surface area contributed by atoms with Crippen molar-refractivity contribution in [3.8, 4) is 0 Å². The molecule has 0 aliphatic carbocycles. The van der Waals surface area contributed by atoms with E-state index in [1.165, 1.54) is 17.7 Å². The number of nitrogens with zero attached hydrogens (tertiary/aromatic N) is 1. The average molecular weight is 363 g/mol. The largest absolute Gasteiger partial charge is 0.349 e. The molecular weight excluding hydrogens is 348 g/mol. The summed E-state index contributed by atoms with van der Waals surface area (Å²) in [7, 11) is -2.63. The summed E-state index contributed by atoms with van der Waals surface area (Å²) in [6.45, 7) is 3.47. The van der Waals surface area contributed by atoms with Crippen LogP contribution in [-0.2, 0) is 16.9 Å². The van der Waals surface area contributed by atoms with E-state index in [2.05, 4.69) is 0 Å². The number of rotatable bonds is 2. The van der Waals surface area contributed by atoms with Crippen molar-refractivity contribution in [2.75, 3.05) is 0 Å². The number of halogens is 2. The molecular formula is C18H15F2NO3S. The molecule has 130 valence electrons. The van der Waals surface area contributed by atoms with Crippen LogP contribution in [0.25, 0.3) is 10.9 Å². The highest BCUT2D eigenvalue weighted by atomic mass is 32.2. The molecule has 0 unspecified atom stereocenters. The van der Waals surface area contributed by atoms with Crippen molar-refractivity contribution in [3.05, 3.63) is 69.5 Å². The van der Waals surface area contributed by atoms with Crippen LogP contribution in [0, 0.1) is 25.5 Å². The van der Waals surface area contributed by atoms with E-state index in [1.807, 2.05) is 6.92 Å². The molecule has 0 radical (unpaired) electrons. The van der Waals surface area contributed by atoms with E-state index >= 15 is 0 Å². The van der Waals surface area contributed by atoms with Gasteiger partial charge in [-0.05, 0) is 31.5 Å². The smallest absolute Gasteiger partial charge is 0.212 e. The molecule has 1 aromatic heterocycles. The monoisotopic (exact) mass is 363 g/mol. The van der Waals surface area contributed by atoms with Crippen LogP contribution in [0.5, 0.6) is 0 Å². The Balaban J connectivity index is 2.37. The molecule has 0 amide bonds. The van der Waals surface area contributed by atoms with Gasteiger partial charge in [0.15, 0.2) is 11.6 Å². The van der Waals surface area contributed by atoms with Crippen LogP contribution in [0.4, 0.5) is 8.78 Å². The van der Waals surface area contributed by atoms with Crippen molar-refractivity contribution in [1.29, 1.82) is 0 Å². The van der Waals surface area contributed by atoms with Gasteiger partial charge < -0.3 is 4.57 Å². The molecule has 3 rings (SSSR count). The number of fused-ring (bicyclic) bond motifs is 1. The van der Waals surface area contributed by atoms with Crippen molar-refractivity contribution in [2.24, 2.45) is 7.05 Å². The summed E-state index contributed by atoms with van der Waals surface area (Å²) in [4.78, 5) is 12.2. The fourth-order valence-corrected chi connectivity index (χ4v) is 4.48. The van der Waals surface area contributed by atoms with Gasteiger partial charge in [-0.2, -0.15) is 0 Å². The Morgan fingerprint density at radius 1 is 0.960 bits per heavy atom. The minimum Gasteiger partial charge on any atom is -0.349 e. The molecule has 0 saturated heterocycles. The van der Waals surface area contributed by atoms with E-state index < -0.39 is 31.8 Å².